The Morgan fingerprint density at radius 1 is 1.20 bits per heavy atom. The van der Waals surface area contributed by atoms with Gasteiger partial charge in [-0.25, -0.2) is 0 Å². The lowest BCUT2D eigenvalue weighted by Gasteiger charge is -2.15. The quantitative estimate of drug-likeness (QED) is 0.661. The van der Waals surface area contributed by atoms with Gasteiger partial charge in [-0.15, -0.1) is 14.8 Å². The third kappa shape index (κ3) is 3.41. The highest BCUT2D eigenvalue weighted by atomic mass is 16.5. The zero-order chi connectivity index (χ0) is 13.6. The average molecular weight is 276 g/mol. The van der Waals surface area contributed by atoms with Crippen molar-refractivity contribution in [1.82, 2.24) is 25.3 Å². The maximum absolute atomic E-state index is 5.92. The highest BCUT2D eigenvalue weighted by molar-refractivity contribution is 5.41. The lowest BCUT2D eigenvalue weighted by molar-refractivity contribution is 0.0501. The summed E-state index contributed by atoms with van der Waals surface area (Å²) in [6.45, 7) is 1.46. The fraction of sp³-hybridized carbons (Fsp3) is 0.692. The van der Waals surface area contributed by atoms with Gasteiger partial charge in [-0.2, -0.15) is 0 Å². The van der Waals surface area contributed by atoms with Crippen molar-refractivity contribution in [3.8, 4) is 0 Å². The summed E-state index contributed by atoms with van der Waals surface area (Å²) in [5.41, 5.74) is 0.644. The average Bonchev–Trinajstić information content (AvgIpc) is 2.78. The number of ether oxygens (including phenoxy) is 1. The Bertz CT molecular complexity index is 534. The van der Waals surface area contributed by atoms with Crippen molar-refractivity contribution in [3.05, 3.63) is 12.1 Å². The number of nitrogens with zero attached hydrogens (tertiary/aromatic N) is 5. The van der Waals surface area contributed by atoms with Crippen LogP contribution in [-0.4, -0.2) is 44.5 Å². The molecule has 1 N–H and O–H groups in total. The van der Waals surface area contributed by atoms with E-state index in [2.05, 4.69) is 25.9 Å². The molecule has 0 unspecified atom stereocenters. The number of hydrogen-bond acceptors (Lipinski definition) is 6. The normalized spacial score (nSPS) is 17.2. The summed E-state index contributed by atoms with van der Waals surface area (Å²) in [4.78, 5) is 0. The SMILES string of the molecule is c1cc2nnnn2nc1NCCOC1CCCCCC1. The molecule has 0 atom stereocenters. The molecule has 0 bridgehead atoms. The van der Waals surface area contributed by atoms with Gasteiger partial charge < -0.3 is 10.1 Å². The van der Waals surface area contributed by atoms with Gasteiger partial charge in [0.2, 0.25) is 0 Å². The van der Waals surface area contributed by atoms with Crippen molar-refractivity contribution in [1.29, 1.82) is 0 Å². The smallest absolute Gasteiger partial charge is 0.200 e. The molecule has 2 aromatic heterocycles. The van der Waals surface area contributed by atoms with Crippen LogP contribution in [0.5, 0.6) is 0 Å². The Hall–Kier alpha value is -1.76. The molecule has 7 heteroatoms. The first kappa shape index (κ1) is 13.2. The minimum atomic E-state index is 0.439. The second kappa shape index (κ2) is 6.60. The van der Waals surface area contributed by atoms with E-state index in [-0.39, 0.29) is 0 Å². The molecule has 0 aromatic carbocycles. The highest BCUT2D eigenvalue weighted by Gasteiger charge is 2.11. The number of aromatic nitrogens is 5. The molecule has 0 radical (unpaired) electrons. The van der Waals surface area contributed by atoms with Gasteiger partial charge in [0.15, 0.2) is 5.65 Å². The number of nitrogens with one attached hydrogen (secondary N) is 1. The molecule has 1 fully saturated rings. The van der Waals surface area contributed by atoms with Crippen molar-refractivity contribution in [2.45, 2.75) is 44.6 Å². The maximum atomic E-state index is 5.92. The maximum Gasteiger partial charge on any atom is 0.200 e. The van der Waals surface area contributed by atoms with Crippen molar-refractivity contribution in [3.63, 3.8) is 0 Å². The summed E-state index contributed by atoms with van der Waals surface area (Å²) in [6.07, 6.45) is 8.16. The molecule has 2 aromatic rings. The van der Waals surface area contributed by atoms with Crippen LogP contribution >= 0.6 is 0 Å². The molecule has 0 saturated heterocycles. The molecule has 2 heterocycles. The third-order valence-corrected chi connectivity index (χ3v) is 3.63. The molecular weight excluding hydrogens is 256 g/mol. The van der Waals surface area contributed by atoms with Crippen LogP contribution in [0.4, 0.5) is 5.82 Å². The molecule has 0 spiro atoms. The van der Waals surface area contributed by atoms with Gasteiger partial charge in [0.05, 0.1) is 12.7 Å². The molecular formula is C13H20N6O. The van der Waals surface area contributed by atoms with Crippen LogP contribution in [0, 0.1) is 0 Å². The Balaban J connectivity index is 1.42. The monoisotopic (exact) mass is 276 g/mol. The predicted molar refractivity (Wildman–Crippen MR) is 74.5 cm³/mol. The second-order valence-electron chi connectivity index (χ2n) is 5.16. The molecule has 0 amide bonds. The molecule has 1 aliphatic rings. The predicted octanol–water partition coefficient (Wildman–Crippen LogP) is 1.67. The van der Waals surface area contributed by atoms with Crippen molar-refractivity contribution >= 4 is 11.5 Å². The zero-order valence-electron chi connectivity index (χ0n) is 11.5. The van der Waals surface area contributed by atoms with E-state index in [1.54, 1.807) is 0 Å². The number of tetrazole rings is 1. The van der Waals surface area contributed by atoms with Gasteiger partial charge in [0.25, 0.3) is 0 Å². The molecule has 108 valence electrons. The molecule has 20 heavy (non-hydrogen) atoms. The Morgan fingerprint density at radius 2 is 2.05 bits per heavy atom. The van der Waals surface area contributed by atoms with E-state index in [1.165, 1.54) is 43.2 Å². The van der Waals surface area contributed by atoms with Crippen molar-refractivity contribution in [2.75, 3.05) is 18.5 Å². The standard InChI is InChI=1S/C13H20N6O/c1-2-4-6-11(5-3-1)20-10-9-14-12-7-8-13-15-17-18-19(13)16-12/h7-8,11H,1-6,9-10H2,(H,14,16). The first-order valence-electron chi connectivity index (χ1n) is 7.33. The Labute approximate surface area is 117 Å². The van der Waals surface area contributed by atoms with Crippen LogP contribution in [0.25, 0.3) is 5.65 Å². The minimum Gasteiger partial charge on any atom is -0.376 e. The van der Waals surface area contributed by atoms with E-state index < -0.39 is 0 Å². The molecule has 1 aliphatic carbocycles. The summed E-state index contributed by atoms with van der Waals surface area (Å²) in [6, 6.07) is 3.71. The van der Waals surface area contributed by atoms with Gasteiger partial charge in [-0.05, 0) is 35.4 Å². The Kier molecular flexibility index (Phi) is 4.37. The fourth-order valence-electron chi connectivity index (χ4n) is 2.56. The highest BCUT2D eigenvalue weighted by Crippen LogP contribution is 2.19. The van der Waals surface area contributed by atoms with Crippen LogP contribution in [0.1, 0.15) is 38.5 Å². The summed E-state index contributed by atoms with van der Waals surface area (Å²) < 4.78 is 7.33. The van der Waals surface area contributed by atoms with Gasteiger partial charge >= 0.3 is 0 Å². The van der Waals surface area contributed by atoms with Gasteiger partial charge in [-0.3, -0.25) is 0 Å². The first-order chi connectivity index (χ1) is 9.92. The van der Waals surface area contributed by atoms with Crippen LogP contribution in [0.3, 0.4) is 0 Å². The lowest BCUT2D eigenvalue weighted by Crippen LogP contribution is -2.18. The third-order valence-electron chi connectivity index (χ3n) is 3.63. The topological polar surface area (TPSA) is 77.2 Å². The second-order valence-corrected chi connectivity index (χ2v) is 5.16. The summed E-state index contributed by atoms with van der Waals surface area (Å²) in [5.74, 6) is 0.759. The first-order valence-corrected chi connectivity index (χ1v) is 7.33. The summed E-state index contributed by atoms with van der Waals surface area (Å²) >= 11 is 0. The molecule has 7 nitrogen and oxygen atoms in total. The van der Waals surface area contributed by atoms with Crippen LogP contribution in [0.15, 0.2) is 12.1 Å². The summed E-state index contributed by atoms with van der Waals surface area (Å²) in [5, 5.41) is 18.6. The Morgan fingerprint density at radius 3 is 2.90 bits per heavy atom. The van der Waals surface area contributed by atoms with E-state index in [0.717, 1.165) is 12.4 Å². The van der Waals surface area contributed by atoms with E-state index in [4.69, 9.17) is 4.74 Å². The van der Waals surface area contributed by atoms with E-state index in [9.17, 15) is 0 Å². The number of anilines is 1. The van der Waals surface area contributed by atoms with Crippen LogP contribution in [-0.2, 0) is 4.74 Å². The summed E-state index contributed by atoms with van der Waals surface area (Å²) in [7, 11) is 0. The van der Waals surface area contributed by atoms with E-state index in [1.807, 2.05) is 12.1 Å². The van der Waals surface area contributed by atoms with Crippen LogP contribution in [0.2, 0.25) is 0 Å². The number of hydrogen-bond donors (Lipinski definition) is 1. The number of rotatable bonds is 5. The van der Waals surface area contributed by atoms with Crippen molar-refractivity contribution < 1.29 is 4.74 Å². The molecule has 1 saturated carbocycles. The largest absolute Gasteiger partial charge is 0.376 e. The van der Waals surface area contributed by atoms with Crippen LogP contribution < -0.4 is 5.32 Å². The van der Waals surface area contributed by atoms with Crippen molar-refractivity contribution in [2.24, 2.45) is 0 Å². The van der Waals surface area contributed by atoms with E-state index >= 15 is 0 Å². The number of fused-ring (bicyclic) bond motifs is 1. The molecule has 0 aliphatic heterocycles. The van der Waals surface area contributed by atoms with Gasteiger partial charge in [-0.1, -0.05) is 25.7 Å². The van der Waals surface area contributed by atoms with Gasteiger partial charge in [0, 0.05) is 6.54 Å². The zero-order valence-corrected chi connectivity index (χ0v) is 11.5. The minimum absolute atomic E-state index is 0.439. The molecule has 3 rings (SSSR count). The van der Waals surface area contributed by atoms with Gasteiger partial charge in [0.1, 0.15) is 5.82 Å². The lowest BCUT2D eigenvalue weighted by atomic mass is 10.1. The van der Waals surface area contributed by atoms with E-state index in [0.29, 0.717) is 18.4 Å². The fourth-order valence-corrected chi connectivity index (χ4v) is 2.56.